The van der Waals surface area contributed by atoms with E-state index in [1.165, 1.54) is 18.7 Å². The van der Waals surface area contributed by atoms with Crippen LogP contribution in [0, 0.1) is 24.7 Å². The summed E-state index contributed by atoms with van der Waals surface area (Å²) >= 11 is 7.09. The van der Waals surface area contributed by atoms with Gasteiger partial charge in [0.1, 0.15) is 0 Å². The van der Waals surface area contributed by atoms with E-state index in [9.17, 15) is 4.79 Å². The topological polar surface area (TPSA) is 104 Å². The zero-order valence-electron chi connectivity index (χ0n) is 25.0. The molecule has 1 amide bonds. The number of carbonyl (C=O) groups is 1. The van der Waals surface area contributed by atoms with Crippen molar-refractivity contribution in [3.63, 3.8) is 0 Å². The lowest BCUT2D eigenvalue weighted by Gasteiger charge is -2.61. The van der Waals surface area contributed by atoms with Crippen molar-refractivity contribution in [3.05, 3.63) is 40.6 Å². The first-order valence-electron chi connectivity index (χ1n) is 15.2. The summed E-state index contributed by atoms with van der Waals surface area (Å²) in [6.45, 7) is 16.1. The van der Waals surface area contributed by atoms with Crippen molar-refractivity contribution in [1.29, 1.82) is 5.41 Å². The maximum Gasteiger partial charge on any atom is 0.245 e. The molecule has 0 atom stereocenters. The average molecular weight is 592 g/mol. The zero-order chi connectivity index (χ0) is 29.6. The first-order chi connectivity index (χ1) is 20.0. The predicted octanol–water partition coefficient (Wildman–Crippen LogP) is 4.58. The second-order valence-corrected chi connectivity index (χ2v) is 14.2. The third-order valence-electron chi connectivity index (χ3n) is 11.0. The second kappa shape index (κ2) is 9.56. The standard InChI is InChI=1S/C32H42ClN7O2/c1-5-25(41)37-15-31(16-37)12-22(13-31)40-21(3)26(27-23(14-34)24(35)11-20(2)28(27)33)29(36-40)39-10-9-38(30(4)18-42-19-30)17-32(39)7-6-8-32/h5,11,14,22,34H,1,6-10,12-13,15-19,35H2,2-4H3. The molecule has 42 heavy (non-hydrogen) atoms. The molecule has 224 valence electrons. The summed E-state index contributed by atoms with van der Waals surface area (Å²) in [5.74, 6) is 0.983. The highest BCUT2D eigenvalue weighted by atomic mass is 35.5. The van der Waals surface area contributed by atoms with E-state index >= 15 is 0 Å². The van der Waals surface area contributed by atoms with E-state index in [-0.39, 0.29) is 28.4 Å². The Kier molecular flexibility index (Phi) is 6.36. The van der Waals surface area contributed by atoms with E-state index in [1.807, 2.05) is 17.9 Å². The number of ether oxygens (including phenoxy) is 1. The Morgan fingerprint density at radius 3 is 2.48 bits per heavy atom. The molecule has 5 aliphatic rings. The fourth-order valence-electron chi connectivity index (χ4n) is 8.36. The van der Waals surface area contributed by atoms with Crippen molar-refractivity contribution in [2.45, 2.75) is 70.0 Å². The highest BCUT2D eigenvalue weighted by molar-refractivity contribution is 6.35. The van der Waals surface area contributed by atoms with E-state index in [2.05, 4.69) is 34.9 Å². The van der Waals surface area contributed by atoms with Gasteiger partial charge in [-0.1, -0.05) is 18.2 Å². The Labute approximate surface area is 253 Å². The number of hydrogen-bond donors (Lipinski definition) is 2. The number of nitrogens with two attached hydrogens (primary N) is 1. The number of aromatic nitrogens is 2. The fourth-order valence-corrected chi connectivity index (χ4v) is 8.61. The second-order valence-electron chi connectivity index (χ2n) is 13.9. The molecule has 2 aliphatic carbocycles. The van der Waals surface area contributed by atoms with Gasteiger partial charge in [-0.3, -0.25) is 14.4 Å². The highest BCUT2D eigenvalue weighted by Crippen LogP contribution is 2.56. The van der Waals surface area contributed by atoms with Gasteiger partial charge in [0.15, 0.2) is 5.82 Å². The lowest BCUT2D eigenvalue weighted by atomic mass is 9.60. The monoisotopic (exact) mass is 591 g/mol. The number of aryl methyl sites for hydroxylation is 1. The quantitative estimate of drug-likeness (QED) is 0.289. The third kappa shape index (κ3) is 3.92. The Balaban J connectivity index is 1.29. The largest absolute Gasteiger partial charge is 0.398 e. The first-order valence-corrected chi connectivity index (χ1v) is 15.6. The van der Waals surface area contributed by atoms with Crippen molar-refractivity contribution in [2.24, 2.45) is 5.41 Å². The van der Waals surface area contributed by atoms with Crippen LogP contribution in [0.5, 0.6) is 0 Å². The molecule has 2 spiro atoms. The number of nitrogen functional groups attached to an aromatic ring is 1. The van der Waals surface area contributed by atoms with Gasteiger partial charge < -0.3 is 25.7 Å². The van der Waals surface area contributed by atoms with E-state index in [0.717, 1.165) is 99.8 Å². The number of likely N-dealkylation sites (tertiary alicyclic amines) is 1. The molecule has 3 aliphatic heterocycles. The molecule has 0 radical (unpaired) electrons. The number of hydrogen-bond acceptors (Lipinski definition) is 7. The number of halogens is 1. The van der Waals surface area contributed by atoms with Gasteiger partial charge in [-0.25, -0.2) is 0 Å². The molecule has 3 saturated heterocycles. The Morgan fingerprint density at radius 1 is 1.19 bits per heavy atom. The maximum absolute atomic E-state index is 12.1. The van der Waals surface area contributed by atoms with E-state index < -0.39 is 0 Å². The molecule has 7 rings (SSSR count). The summed E-state index contributed by atoms with van der Waals surface area (Å²) in [6.07, 6.45) is 8.21. The van der Waals surface area contributed by atoms with Gasteiger partial charge in [0.2, 0.25) is 5.91 Å². The molecule has 2 aromatic rings. The molecular weight excluding hydrogens is 550 g/mol. The van der Waals surface area contributed by atoms with E-state index in [1.54, 1.807) is 0 Å². The van der Waals surface area contributed by atoms with Crippen molar-refractivity contribution >= 4 is 35.2 Å². The summed E-state index contributed by atoms with van der Waals surface area (Å²) in [6, 6.07) is 2.12. The Bertz CT molecular complexity index is 1480. The molecule has 5 fully saturated rings. The van der Waals surface area contributed by atoms with Crippen LogP contribution in [0.25, 0.3) is 11.1 Å². The van der Waals surface area contributed by atoms with Gasteiger partial charge in [0.25, 0.3) is 0 Å². The number of anilines is 2. The van der Waals surface area contributed by atoms with Crippen LogP contribution in [0.3, 0.4) is 0 Å². The van der Waals surface area contributed by atoms with Crippen LogP contribution in [-0.4, -0.2) is 88.7 Å². The minimum Gasteiger partial charge on any atom is -0.398 e. The van der Waals surface area contributed by atoms with Crippen molar-refractivity contribution in [1.82, 2.24) is 19.6 Å². The number of rotatable bonds is 6. The first kappa shape index (κ1) is 27.9. The smallest absolute Gasteiger partial charge is 0.245 e. The molecule has 1 aromatic carbocycles. The lowest BCUT2D eigenvalue weighted by molar-refractivity contribution is -0.149. The van der Waals surface area contributed by atoms with Gasteiger partial charge in [-0.05, 0) is 70.6 Å². The Hall–Kier alpha value is -2.88. The van der Waals surface area contributed by atoms with Crippen molar-refractivity contribution < 1.29 is 9.53 Å². The Morgan fingerprint density at radius 2 is 1.90 bits per heavy atom. The highest BCUT2D eigenvalue weighted by Gasteiger charge is 2.56. The van der Waals surface area contributed by atoms with Crippen LogP contribution >= 0.6 is 11.6 Å². The van der Waals surface area contributed by atoms with Crippen LogP contribution in [0.15, 0.2) is 18.7 Å². The van der Waals surface area contributed by atoms with Crippen LogP contribution in [0.2, 0.25) is 5.02 Å². The molecule has 10 heteroatoms. The van der Waals surface area contributed by atoms with Crippen molar-refractivity contribution in [2.75, 3.05) is 56.6 Å². The van der Waals surface area contributed by atoms with Crippen molar-refractivity contribution in [3.8, 4) is 11.1 Å². The number of nitrogens with zero attached hydrogens (tertiary/aromatic N) is 5. The molecule has 2 saturated carbocycles. The fraction of sp³-hybridized carbons (Fsp3) is 0.594. The SMILES string of the molecule is C=CC(=O)N1CC2(CC(n3nc(N4CCN(C5(C)COC5)CC45CCC5)c(-c4c(Cl)c(C)cc(N)c4C=N)c3C)C2)C1. The van der Waals surface area contributed by atoms with Crippen LogP contribution in [0.1, 0.15) is 61.9 Å². The minimum atomic E-state index is 0.0158. The van der Waals surface area contributed by atoms with E-state index in [4.69, 9.17) is 32.6 Å². The molecular formula is C32H42ClN7O2. The minimum absolute atomic E-state index is 0.0158. The van der Waals surface area contributed by atoms with Crippen LogP contribution in [0.4, 0.5) is 11.5 Å². The molecule has 9 nitrogen and oxygen atoms in total. The number of piperazine rings is 1. The molecule has 4 heterocycles. The third-order valence-corrected chi connectivity index (χ3v) is 11.5. The van der Waals surface area contributed by atoms with Gasteiger partial charge in [0, 0.05) is 72.4 Å². The summed E-state index contributed by atoms with van der Waals surface area (Å²) in [5, 5.41) is 14.4. The van der Waals surface area contributed by atoms with Crippen LogP contribution < -0.4 is 10.6 Å². The van der Waals surface area contributed by atoms with Crippen LogP contribution in [-0.2, 0) is 9.53 Å². The average Bonchev–Trinajstić information content (AvgIpc) is 3.21. The van der Waals surface area contributed by atoms with Gasteiger partial charge in [0.05, 0.1) is 35.4 Å². The zero-order valence-corrected chi connectivity index (χ0v) is 25.8. The summed E-state index contributed by atoms with van der Waals surface area (Å²) in [7, 11) is 0. The molecule has 0 unspecified atom stereocenters. The van der Waals surface area contributed by atoms with Gasteiger partial charge >= 0.3 is 0 Å². The number of benzene rings is 1. The predicted molar refractivity (Wildman–Crippen MR) is 167 cm³/mol. The molecule has 0 bridgehead atoms. The summed E-state index contributed by atoms with van der Waals surface area (Å²) < 4.78 is 7.85. The normalized spacial score (nSPS) is 24.1. The van der Waals surface area contributed by atoms with E-state index in [0.29, 0.717) is 16.3 Å². The maximum atomic E-state index is 12.1. The number of carbonyl (C=O) groups excluding carboxylic acids is 1. The number of amides is 1. The lowest BCUT2D eigenvalue weighted by Crippen LogP contribution is -2.72. The van der Waals surface area contributed by atoms with Gasteiger partial charge in [-0.15, -0.1) is 0 Å². The molecule has 1 aromatic heterocycles. The summed E-state index contributed by atoms with van der Waals surface area (Å²) in [4.78, 5) is 19.2. The van der Waals surface area contributed by atoms with Gasteiger partial charge in [-0.2, -0.15) is 5.10 Å². The summed E-state index contributed by atoms with van der Waals surface area (Å²) in [5.41, 5.74) is 11.8. The molecule has 3 N–H and O–H groups in total. The number of nitrogens with one attached hydrogen (secondary N) is 1.